The summed E-state index contributed by atoms with van der Waals surface area (Å²) in [6, 6.07) is 10.6. The zero-order valence-corrected chi connectivity index (χ0v) is 11.0. The Labute approximate surface area is 102 Å². The number of hydrogen-bond acceptors (Lipinski definition) is 1. The number of nitrogens with zero attached hydrogens (tertiary/aromatic N) is 1. The van der Waals surface area contributed by atoms with E-state index in [-0.39, 0.29) is 0 Å². The zero-order valence-electron chi connectivity index (χ0n) is 9.45. The summed E-state index contributed by atoms with van der Waals surface area (Å²) in [6.45, 7) is 4.37. The van der Waals surface area contributed by atoms with E-state index in [1.165, 1.54) is 31.2 Å². The quantitative estimate of drug-likeness (QED) is 0.525. The first kappa shape index (κ1) is 12.7. The van der Waals surface area contributed by atoms with E-state index in [0.29, 0.717) is 0 Å². The minimum Gasteiger partial charge on any atom is -0.238 e. The topological polar surface area (TPSA) is 3.24 Å². The van der Waals surface area contributed by atoms with E-state index < -0.39 is 0 Å². The van der Waals surface area contributed by atoms with Gasteiger partial charge in [0.05, 0.1) is 0 Å². The van der Waals surface area contributed by atoms with Crippen molar-refractivity contribution in [1.29, 1.82) is 0 Å². The number of halogens is 1. The van der Waals surface area contributed by atoms with E-state index in [4.69, 9.17) is 0 Å². The molecule has 0 N–H and O–H groups in total. The minimum absolute atomic E-state index is 0.993. The highest BCUT2D eigenvalue weighted by Gasteiger charge is 2.00. The average molecular weight is 270 g/mol. The van der Waals surface area contributed by atoms with Crippen LogP contribution in [0.1, 0.15) is 38.2 Å². The predicted octanol–water partition coefficient (Wildman–Crippen LogP) is 4.38. The van der Waals surface area contributed by atoms with Gasteiger partial charge in [-0.2, -0.15) is 0 Å². The van der Waals surface area contributed by atoms with Crippen molar-refractivity contribution < 1.29 is 0 Å². The molecule has 0 amide bonds. The van der Waals surface area contributed by atoms with Crippen LogP contribution in [0.5, 0.6) is 0 Å². The molecule has 0 aliphatic heterocycles. The largest absolute Gasteiger partial charge is 0.238 e. The lowest BCUT2D eigenvalue weighted by molar-refractivity contribution is 0.457. The van der Waals surface area contributed by atoms with Gasteiger partial charge in [0.2, 0.25) is 0 Å². The smallest absolute Gasteiger partial charge is 0.0343 e. The first-order valence-corrected chi connectivity index (χ1v) is 6.48. The number of unbranched alkanes of at least 4 members (excludes halogenated alkanes) is 3. The standard InChI is InChI=1S/C13H20BrN/c1-2-3-4-8-11-15(14)12-13-9-6-5-7-10-13/h5-7,9-10H,2-4,8,11-12H2,1H3. The van der Waals surface area contributed by atoms with Crippen molar-refractivity contribution in [2.75, 3.05) is 6.54 Å². The third-order valence-corrected chi connectivity index (χ3v) is 3.06. The van der Waals surface area contributed by atoms with Crippen LogP contribution in [0, 0.1) is 0 Å². The monoisotopic (exact) mass is 269 g/mol. The molecule has 0 saturated carbocycles. The lowest BCUT2D eigenvalue weighted by atomic mass is 10.2. The van der Waals surface area contributed by atoms with E-state index in [1.54, 1.807) is 0 Å². The highest BCUT2D eigenvalue weighted by atomic mass is 79.9. The van der Waals surface area contributed by atoms with Gasteiger partial charge in [-0.1, -0.05) is 56.5 Å². The molecule has 0 aliphatic carbocycles. The molecule has 0 radical (unpaired) electrons. The lowest BCUT2D eigenvalue weighted by Gasteiger charge is -2.13. The van der Waals surface area contributed by atoms with Gasteiger partial charge in [0, 0.05) is 29.2 Å². The van der Waals surface area contributed by atoms with Crippen LogP contribution < -0.4 is 0 Å². The van der Waals surface area contributed by atoms with Crippen LogP contribution in [-0.2, 0) is 6.54 Å². The van der Waals surface area contributed by atoms with Crippen LogP contribution in [0.25, 0.3) is 0 Å². The summed E-state index contributed by atoms with van der Waals surface area (Å²) >= 11 is 3.60. The van der Waals surface area contributed by atoms with Gasteiger partial charge in [-0.15, -0.1) is 0 Å². The summed E-state index contributed by atoms with van der Waals surface area (Å²) in [5.41, 5.74) is 1.37. The molecule has 84 valence electrons. The molecule has 0 heterocycles. The first-order chi connectivity index (χ1) is 7.33. The highest BCUT2D eigenvalue weighted by molar-refractivity contribution is 9.07. The summed E-state index contributed by atoms with van der Waals surface area (Å²) in [6.07, 6.45) is 5.28. The number of hydrogen-bond donors (Lipinski definition) is 0. The second-order valence-corrected chi connectivity index (χ2v) is 4.89. The fraction of sp³-hybridized carbons (Fsp3) is 0.538. The van der Waals surface area contributed by atoms with E-state index in [2.05, 4.69) is 57.3 Å². The molecule has 0 aliphatic rings. The minimum atomic E-state index is 0.993. The second-order valence-electron chi connectivity index (χ2n) is 3.89. The number of benzene rings is 1. The summed E-state index contributed by atoms with van der Waals surface area (Å²) in [5.74, 6) is 0. The Morgan fingerprint density at radius 2 is 1.80 bits per heavy atom. The van der Waals surface area contributed by atoms with E-state index in [1.807, 2.05) is 0 Å². The predicted molar refractivity (Wildman–Crippen MR) is 69.9 cm³/mol. The van der Waals surface area contributed by atoms with Gasteiger partial charge in [-0.3, -0.25) is 0 Å². The summed E-state index contributed by atoms with van der Waals surface area (Å²) in [7, 11) is 0. The Morgan fingerprint density at radius 1 is 1.07 bits per heavy atom. The summed E-state index contributed by atoms with van der Waals surface area (Å²) in [4.78, 5) is 0. The maximum Gasteiger partial charge on any atom is 0.0343 e. The maximum absolute atomic E-state index is 3.60. The molecule has 0 spiro atoms. The van der Waals surface area contributed by atoms with Crippen LogP contribution >= 0.6 is 16.1 Å². The Kier molecular flexibility index (Phi) is 6.69. The third-order valence-electron chi connectivity index (χ3n) is 2.45. The van der Waals surface area contributed by atoms with Gasteiger partial charge >= 0.3 is 0 Å². The average Bonchev–Trinajstić information content (AvgIpc) is 2.26. The van der Waals surface area contributed by atoms with Crippen molar-refractivity contribution in [1.82, 2.24) is 3.93 Å². The number of rotatable bonds is 7. The molecule has 0 atom stereocenters. The molecule has 1 aromatic carbocycles. The Balaban J connectivity index is 2.16. The summed E-state index contributed by atoms with van der Waals surface area (Å²) in [5, 5.41) is 0. The highest BCUT2D eigenvalue weighted by Crippen LogP contribution is 2.10. The molecule has 1 nitrogen and oxygen atoms in total. The molecule has 0 bridgehead atoms. The molecule has 1 rings (SSSR count). The molecule has 0 fully saturated rings. The molecule has 15 heavy (non-hydrogen) atoms. The zero-order chi connectivity index (χ0) is 10.9. The molecule has 0 unspecified atom stereocenters. The third kappa shape index (κ3) is 5.95. The fourth-order valence-corrected chi connectivity index (χ4v) is 2.11. The first-order valence-electron chi connectivity index (χ1n) is 5.77. The van der Waals surface area contributed by atoms with E-state index in [0.717, 1.165) is 13.1 Å². The van der Waals surface area contributed by atoms with Crippen molar-refractivity contribution in [3.05, 3.63) is 35.9 Å². The van der Waals surface area contributed by atoms with Crippen LogP contribution in [0.15, 0.2) is 30.3 Å². The van der Waals surface area contributed by atoms with E-state index in [9.17, 15) is 0 Å². The summed E-state index contributed by atoms with van der Waals surface area (Å²) < 4.78 is 2.22. The van der Waals surface area contributed by atoms with Gasteiger partial charge in [0.15, 0.2) is 0 Å². The van der Waals surface area contributed by atoms with Crippen LogP contribution in [0.3, 0.4) is 0 Å². The Hall–Kier alpha value is -0.340. The molecule has 0 saturated heterocycles. The van der Waals surface area contributed by atoms with Crippen molar-refractivity contribution in [2.24, 2.45) is 0 Å². The van der Waals surface area contributed by atoms with Crippen LogP contribution in [0.2, 0.25) is 0 Å². The van der Waals surface area contributed by atoms with Gasteiger partial charge in [-0.25, -0.2) is 3.93 Å². The van der Waals surface area contributed by atoms with Crippen LogP contribution in [-0.4, -0.2) is 10.5 Å². The fourth-order valence-electron chi connectivity index (χ4n) is 1.57. The molecular formula is C13H20BrN. The Morgan fingerprint density at radius 3 is 2.47 bits per heavy atom. The maximum atomic E-state index is 3.60. The lowest BCUT2D eigenvalue weighted by Crippen LogP contribution is -2.12. The SMILES string of the molecule is CCCCCCN(Br)Cc1ccccc1. The van der Waals surface area contributed by atoms with Crippen LogP contribution in [0.4, 0.5) is 0 Å². The molecular weight excluding hydrogens is 250 g/mol. The second kappa shape index (κ2) is 7.89. The van der Waals surface area contributed by atoms with Gasteiger partial charge in [0.1, 0.15) is 0 Å². The van der Waals surface area contributed by atoms with E-state index >= 15 is 0 Å². The van der Waals surface area contributed by atoms with Crippen molar-refractivity contribution in [3.8, 4) is 0 Å². The van der Waals surface area contributed by atoms with Gasteiger partial charge in [-0.05, 0) is 12.0 Å². The van der Waals surface area contributed by atoms with Crippen molar-refractivity contribution in [3.63, 3.8) is 0 Å². The molecule has 0 aromatic heterocycles. The van der Waals surface area contributed by atoms with Gasteiger partial charge < -0.3 is 0 Å². The molecule has 2 heteroatoms. The van der Waals surface area contributed by atoms with Crippen molar-refractivity contribution >= 4 is 16.1 Å². The Bertz CT molecular complexity index is 248. The normalized spacial score (nSPS) is 10.9. The molecule has 1 aromatic rings. The van der Waals surface area contributed by atoms with Gasteiger partial charge in [0.25, 0.3) is 0 Å². The van der Waals surface area contributed by atoms with Crippen molar-refractivity contribution in [2.45, 2.75) is 39.2 Å².